The van der Waals surface area contributed by atoms with Crippen LogP contribution in [0.25, 0.3) is 20.7 Å². The van der Waals surface area contributed by atoms with E-state index in [1.807, 2.05) is 18.3 Å². The SMILES string of the molecule is BrB(Br)c1c(-c2ccccn2)sc2ccccc12. The number of benzene rings is 1. The minimum atomic E-state index is 0.137. The first-order chi connectivity index (χ1) is 8.77. The lowest BCUT2D eigenvalue weighted by atomic mass is 9.90. The van der Waals surface area contributed by atoms with Crippen molar-refractivity contribution in [3.8, 4) is 10.6 Å². The van der Waals surface area contributed by atoms with Crippen LogP contribution in [0, 0.1) is 0 Å². The fourth-order valence-corrected chi connectivity index (χ4v) is 4.44. The molecule has 0 bridgehead atoms. The number of hydrogen-bond acceptors (Lipinski definition) is 2. The molecule has 18 heavy (non-hydrogen) atoms. The van der Waals surface area contributed by atoms with Gasteiger partial charge in [0, 0.05) is 10.9 Å². The summed E-state index contributed by atoms with van der Waals surface area (Å²) >= 11 is 9.04. The number of hydrogen-bond donors (Lipinski definition) is 0. The third kappa shape index (κ3) is 2.15. The molecular weight excluding hydrogens is 373 g/mol. The Balaban J connectivity index is 2.32. The van der Waals surface area contributed by atoms with Crippen LogP contribution in [0.1, 0.15) is 0 Å². The van der Waals surface area contributed by atoms with Crippen LogP contribution in [-0.2, 0) is 0 Å². The van der Waals surface area contributed by atoms with Gasteiger partial charge >= 0.3 is 4.36 Å². The van der Waals surface area contributed by atoms with E-state index in [1.54, 1.807) is 11.3 Å². The number of thiophene rings is 1. The molecule has 0 spiro atoms. The van der Waals surface area contributed by atoms with Crippen LogP contribution in [-0.4, -0.2) is 9.34 Å². The van der Waals surface area contributed by atoms with Gasteiger partial charge in [0.05, 0.1) is 10.6 Å². The van der Waals surface area contributed by atoms with Gasteiger partial charge in [-0.15, -0.1) is 42.9 Å². The van der Waals surface area contributed by atoms with E-state index in [-0.39, 0.29) is 4.36 Å². The lowest BCUT2D eigenvalue weighted by molar-refractivity contribution is 1.34. The summed E-state index contributed by atoms with van der Waals surface area (Å²) in [5, 5.41) is 1.28. The summed E-state index contributed by atoms with van der Waals surface area (Å²) in [6.07, 6.45) is 1.83. The molecular formula is C13H8BBr2NS. The highest BCUT2D eigenvalue weighted by Gasteiger charge is 2.21. The monoisotopic (exact) mass is 379 g/mol. The molecule has 0 amide bonds. The summed E-state index contributed by atoms with van der Waals surface area (Å²) in [6.45, 7) is 0. The van der Waals surface area contributed by atoms with Crippen molar-refractivity contribution in [3.05, 3.63) is 48.7 Å². The number of rotatable bonds is 2. The predicted molar refractivity (Wildman–Crippen MR) is 88.3 cm³/mol. The van der Waals surface area contributed by atoms with Crippen LogP contribution < -0.4 is 5.46 Å². The summed E-state index contributed by atoms with van der Waals surface area (Å²) in [4.78, 5) is 5.67. The van der Waals surface area contributed by atoms with Gasteiger partial charge in [-0.2, -0.15) is 0 Å². The third-order valence-corrected chi connectivity index (χ3v) is 4.87. The van der Waals surface area contributed by atoms with Crippen LogP contribution in [0.3, 0.4) is 0 Å². The van der Waals surface area contributed by atoms with Crippen LogP contribution in [0.15, 0.2) is 48.7 Å². The fraction of sp³-hybridized carbons (Fsp3) is 0. The summed E-state index contributed by atoms with van der Waals surface area (Å²) in [5.41, 5.74) is 2.28. The zero-order chi connectivity index (χ0) is 12.5. The van der Waals surface area contributed by atoms with E-state index in [4.69, 9.17) is 0 Å². The lowest BCUT2D eigenvalue weighted by Gasteiger charge is -2.02. The smallest absolute Gasteiger partial charge is 0.255 e. The van der Waals surface area contributed by atoms with Crippen molar-refractivity contribution in [1.29, 1.82) is 0 Å². The maximum atomic E-state index is 4.46. The van der Waals surface area contributed by atoms with Crippen molar-refractivity contribution in [2.24, 2.45) is 0 Å². The van der Waals surface area contributed by atoms with E-state index < -0.39 is 0 Å². The first kappa shape index (κ1) is 12.4. The number of halogens is 2. The van der Waals surface area contributed by atoms with Gasteiger partial charge in [0.2, 0.25) is 0 Å². The molecule has 0 atom stereocenters. The standard InChI is InChI=1S/C13H8BBr2NS/c15-14(16)12-9-5-1-2-7-11(9)18-13(12)10-6-3-4-8-17-10/h1-8H. The Hall–Kier alpha value is -0.645. The van der Waals surface area contributed by atoms with Gasteiger partial charge < -0.3 is 0 Å². The van der Waals surface area contributed by atoms with Crippen LogP contribution in [0.5, 0.6) is 0 Å². The third-order valence-electron chi connectivity index (χ3n) is 2.75. The molecule has 88 valence electrons. The van der Waals surface area contributed by atoms with Crippen molar-refractivity contribution in [3.63, 3.8) is 0 Å². The molecule has 0 saturated heterocycles. The zero-order valence-electron chi connectivity index (χ0n) is 9.31. The first-order valence-corrected chi connectivity index (χ1v) is 8.13. The Kier molecular flexibility index (Phi) is 3.55. The van der Waals surface area contributed by atoms with Gasteiger partial charge in [-0.3, -0.25) is 4.98 Å². The molecule has 0 fully saturated rings. The lowest BCUT2D eigenvalue weighted by Crippen LogP contribution is -2.18. The quantitative estimate of drug-likeness (QED) is 0.598. The Morgan fingerprint density at radius 2 is 1.78 bits per heavy atom. The van der Waals surface area contributed by atoms with E-state index >= 15 is 0 Å². The molecule has 2 aromatic heterocycles. The Labute approximate surface area is 126 Å². The zero-order valence-corrected chi connectivity index (χ0v) is 13.3. The topological polar surface area (TPSA) is 12.9 Å². The minimum Gasteiger partial charge on any atom is -0.255 e. The van der Waals surface area contributed by atoms with E-state index in [1.165, 1.54) is 20.4 Å². The molecule has 0 aliphatic heterocycles. The second-order valence-corrected chi connectivity index (χ2v) is 7.97. The normalized spacial score (nSPS) is 10.8. The molecule has 3 aromatic rings. The van der Waals surface area contributed by atoms with Crippen molar-refractivity contribution in [2.75, 3.05) is 0 Å². The van der Waals surface area contributed by atoms with Gasteiger partial charge in [0.15, 0.2) is 0 Å². The number of nitrogens with zero attached hydrogens (tertiary/aromatic N) is 1. The highest BCUT2D eigenvalue weighted by atomic mass is 79.9. The van der Waals surface area contributed by atoms with E-state index in [0.717, 1.165) is 5.69 Å². The molecule has 0 aliphatic rings. The molecule has 3 rings (SSSR count). The number of pyridine rings is 1. The molecule has 5 heteroatoms. The largest absolute Gasteiger partial charge is 0.331 e. The maximum absolute atomic E-state index is 4.46. The predicted octanol–water partition coefficient (Wildman–Crippen LogP) is 4.45. The summed E-state index contributed by atoms with van der Waals surface area (Å²) in [7, 11) is 0. The summed E-state index contributed by atoms with van der Waals surface area (Å²) in [5.74, 6) is 0. The highest BCUT2D eigenvalue weighted by Crippen LogP contribution is 2.32. The molecule has 0 saturated carbocycles. The van der Waals surface area contributed by atoms with E-state index in [2.05, 4.69) is 66.8 Å². The second-order valence-electron chi connectivity index (χ2n) is 3.86. The Morgan fingerprint density at radius 1 is 1.00 bits per heavy atom. The van der Waals surface area contributed by atoms with Gasteiger partial charge in [-0.25, -0.2) is 0 Å². The van der Waals surface area contributed by atoms with Gasteiger partial charge in [0.25, 0.3) is 0 Å². The average molecular weight is 381 g/mol. The Morgan fingerprint density at radius 3 is 2.50 bits per heavy atom. The second kappa shape index (κ2) is 5.15. The van der Waals surface area contributed by atoms with Crippen LogP contribution >= 0.6 is 42.9 Å². The first-order valence-electron chi connectivity index (χ1n) is 5.48. The molecule has 0 unspecified atom stereocenters. The van der Waals surface area contributed by atoms with Gasteiger partial charge in [-0.1, -0.05) is 24.3 Å². The van der Waals surface area contributed by atoms with Crippen LogP contribution in [0.2, 0.25) is 0 Å². The van der Waals surface area contributed by atoms with Crippen molar-refractivity contribution >= 4 is 62.8 Å². The van der Waals surface area contributed by atoms with Crippen molar-refractivity contribution in [1.82, 2.24) is 4.98 Å². The highest BCUT2D eigenvalue weighted by molar-refractivity contribution is 9.49. The average Bonchev–Trinajstić information content (AvgIpc) is 2.79. The molecule has 2 heterocycles. The molecule has 0 N–H and O–H groups in total. The molecule has 1 aromatic carbocycles. The maximum Gasteiger partial charge on any atom is 0.331 e. The summed E-state index contributed by atoms with van der Waals surface area (Å²) in [6, 6.07) is 14.5. The van der Waals surface area contributed by atoms with Gasteiger partial charge in [-0.05, 0) is 29.0 Å². The van der Waals surface area contributed by atoms with Crippen LogP contribution in [0.4, 0.5) is 0 Å². The van der Waals surface area contributed by atoms with Crippen molar-refractivity contribution in [2.45, 2.75) is 0 Å². The molecule has 0 aliphatic carbocycles. The Bertz CT molecular complexity index is 682. The van der Waals surface area contributed by atoms with Crippen molar-refractivity contribution < 1.29 is 0 Å². The number of aromatic nitrogens is 1. The number of fused-ring (bicyclic) bond motifs is 1. The molecule has 0 radical (unpaired) electrons. The molecule has 1 nitrogen and oxygen atoms in total. The van der Waals surface area contributed by atoms with E-state index in [9.17, 15) is 0 Å². The minimum absolute atomic E-state index is 0.137. The summed E-state index contributed by atoms with van der Waals surface area (Å²) < 4.78 is 1.43. The van der Waals surface area contributed by atoms with E-state index in [0.29, 0.717) is 0 Å². The van der Waals surface area contributed by atoms with Gasteiger partial charge in [0.1, 0.15) is 0 Å². The fourth-order valence-electron chi connectivity index (χ4n) is 1.97.